The molecule has 0 aliphatic carbocycles. The standard InChI is InChI=1S/C25H25FN2O3/c26-20-10-12-22(13-11-20)31-15-14-30-18-21(29)17-28-24-9-5-4-8-23(24)27-25(28)16-19-6-2-1-3-7-19/h1-13,21,29H,14-18H2/t21-/m1/s1. The molecule has 4 aromatic rings. The van der Waals surface area contributed by atoms with Crippen LogP contribution in [0, 0.1) is 5.82 Å². The van der Waals surface area contributed by atoms with Gasteiger partial charge in [0, 0.05) is 6.42 Å². The van der Waals surface area contributed by atoms with Gasteiger partial charge in [-0.15, -0.1) is 0 Å². The molecular formula is C25H25FN2O3. The lowest BCUT2D eigenvalue weighted by Gasteiger charge is -2.15. The molecule has 0 saturated carbocycles. The first kappa shape index (κ1) is 21.0. The molecule has 0 fully saturated rings. The van der Waals surface area contributed by atoms with E-state index in [1.807, 2.05) is 42.5 Å². The van der Waals surface area contributed by atoms with Crippen molar-refractivity contribution >= 4 is 11.0 Å². The molecule has 0 amide bonds. The van der Waals surface area contributed by atoms with Crippen molar-refractivity contribution in [2.24, 2.45) is 0 Å². The topological polar surface area (TPSA) is 56.5 Å². The van der Waals surface area contributed by atoms with Gasteiger partial charge >= 0.3 is 0 Å². The first-order valence-corrected chi connectivity index (χ1v) is 10.3. The van der Waals surface area contributed by atoms with Crippen LogP contribution in [-0.4, -0.2) is 40.6 Å². The maximum absolute atomic E-state index is 12.9. The third kappa shape index (κ3) is 5.69. The molecule has 3 aromatic carbocycles. The zero-order valence-electron chi connectivity index (χ0n) is 17.2. The Hall–Kier alpha value is -3.22. The molecule has 5 nitrogen and oxygen atoms in total. The lowest BCUT2D eigenvalue weighted by Crippen LogP contribution is -2.24. The molecule has 0 saturated heterocycles. The largest absolute Gasteiger partial charge is 0.491 e. The fraction of sp³-hybridized carbons (Fsp3) is 0.240. The molecule has 0 spiro atoms. The van der Waals surface area contributed by atoms with Gasteiger partial charge in [-0.3, -0.25) is 0 Å². The Morgan fingerprint density at radius 2 is 1.65 bits per heavy atom. The third-order valence-electron chi connectivity index (χ3n) is 4.95. The zero-order chi connectivity index (χ0) is 21.5. The molecule has 0 aliphatic heterocycles. The average molecular weight is 420 g/mol. The maximum Gasteiger partial charge on any atom is 0.123 e. The Kier molecular flexibility index (Phi) is 6.92. The van der Waals surface area contributed by atoms with Gasteiger partial charge in [-0.2, -0.15) is 0 Å². The van der Waals surface area contributed by atoms with E-state index in [4.69, 9.17) is 14.5 Å². The van der Waals surface area contributed by atoms with Gasteiger partial charge in [0.2, 0.25) is 0 Å². The molecule has 0 aliphatic rings. The smallest absolute Gasteiger partial charge is 0.123 e. The molecule has 4 rings (SSSR count). The monoisotopic (exact) mass is 420 g/mol. The van der Waals surface area contributed by atoms with Crippen molar-refractivity contribution in [3.05, 3.63) is 96.1 Å². The van der Waals surface area contributed by atoms with Crippen LogP contribution < -0.4 is 4.74 Å². The number of benzene rings is 3. The Bertz CT molecular complexity index is 1100. The van der Waals surface area contributed by atoms with Crippen LogP contribution >= 0.6 is 0 Å². The van der Waals surface area contributed by atoms with Crippen LogP contribution in [-0.2, 0) is 17.7 Å². The van der Waals surface area contributed by atoms with Crippen molar-refractivity contribution in [1.82, 2.24) is 9.55 Å². The molecule has 0 unspecified atom stereocenters. The number of aliphatic hydroxyl groups is 1. The number of fused-ring (bicyclic) bond motifs is 1. The number of hydrogen-bond donors (Lipinski definition) is 1. The fourth-order valence-corrected chi connectivity index (χ4v) is 3.47. The lowest BCUT2D eigenvalue weighted by atomic mass is 10.1. The van der Waals surface area contributed by atoms with Gasteiger partial charge in [0.25, 0.3) is 0 Å². The van der Waals surface area contributed by atoms with Gasteiger partial charge in [0.15, 0.2) is 0 Å². The second-order valence-corrected chi connectivity index (χ2v) is 7.32. The number of aromatic nitrogens is 2. The molecule has 31 heavy (non-hydrogen) atoms. The van der Waals surface area contributed by atoms with Crippen LogP contribution in [0.4, 0.5) is 4.39 Å². The van der Waals surface area contributed by atoms with Gasteiger partial charge in [-0.1, -0.05) is 42.5 Å². The SMILES string of the molecule is O[C@@H](COCCOc1ccc(F)cc1)Cn1c(Cc2ccccc2)nc2ccccc21. The Morgan fingerprint density at radius 3 is 2.45 bits per heavy atom. The summed E-state index contributed by atoms with van der Waals surface area (Å²) in [5.74, 6) is 1.19. The summed E-state index contributed by atoms with van der Waals surface area (Å²) in [5, 5.41) is 10.6. The van der Waals surface area contributed by atoms with Crippen molar-refractivity contribution in [2.45, 2.75) is 19.1 Å². The van der Waals surface area contributed by atoms with E-state index < -0.39 is 6.10 Å². The molecule has 1 N–H and O–H groups in total. The molecule has 160 valence electrons. The van der Waals surface area contributed by atoms with Crippen molar-refractivity contribution in [2.75, 3.05) is 19.8 Å². The highest BCUT2D eigenvalue weighted by Gasteiger charge is 2.15. The van der Waals surface area contributed by atoms with Crippen molar-refractivity contribution in [3.63, 3.8) is 0 Å². The van der Waals surface area contributed by atoms with Gasteiger partial charge in [-0.05, 0) is 42.0 Å². The fourth-order valence-electron chi connectivity index (χ4n) is 3.47. The number of ether oxygens (including phenoxy) is 2. The zero-order valence-corrected chi connectivity index (χ0v) is 17.2. The van der Waals surface area contributed by atoms with E-state index in [-0.39, 0.29) is 12.4 Å². The third-order valence-corrected chi connectivity index (χ3v) is 4.95. The highest BCUT2D eigenvalue weighted by atomic mass is 19.1. The number of rotatable bonds is 10. The van der Waals surface area contributed by atoms with Crippen molar-refractivity contribution in [3.8, 4) is 5.75 Å². The number of halogens is 1. The second-order valence-electron chi connectivity index (χ2n) is 7.32. The summed E-state index contributed by atoms with van der Waals surface area (Å²) in [6, 6.07) is 23.9. The number of hydrogen-bond acceptors (Lipinski definition) is 4. The van der Waals surface area contributed by atoms with Gasteiger partial charge in [0.1, 0.15) is 24.0 Å². The van der Waals surface area contributed by atoms with E-state index in [0.29, 0.717) is 31.9 Å². The summed E-state index contributed by atoms with van der Waals surface area (Å²) < 4.78 is 26.0. The summed E-state index contributed by atoms with van der Waals surface area (Å²) >= 11 is 0. The molecule has 1 aromatic heterocycles. The molecular weight excluding hydrogens is 395 g/mol. The normalized spacial score (nSPS) is 12.2. The molecule has 1 atom stereocenters. The van der Waals surface area contributed by atoms with Gasteiger partial charge in [-0.25, -0.2) is 9.37 Å². The molecule has 0 bridgehead atoms. The summed E-state index contributed by atoms with van der Waals surface area (Å²) in [7, 11) is 0. The van der Waals surface area contributed by atoms with E-state index in [1.165, 1.54) is 17.7 Å². The lowest BCUT2D eigenvalue weighted by molar-refractivity contribution is 0.0175. The summed E-state index contributed by atoms with van der Waals surface area (Å²) in [6.45, 7) is 1.23. The van der Waals surface area contributed by atoms with Crippen LogP contribution in [0.15, 0.2) is 78.9 Å². The predicted molar refractivity (Wildman–Crippen MR) is 118 cm³/mol. The average Bonchev–Trinajstić information content (AvgIpc) is 3.12. The van der Waals surface area contributed by atoms with Crippen LogP contribution in [0.2, 0.25) is 0 Å². The molecule has 0 radical (unpaired) electrons. The minimum absolute atomic E-state index is 0.185. The number of imidazole rings is 1. The minimum Gasteiger partial charge on any atom is -0.491 e. The van der Waals surface area contributed by atoms with E-state index in [9.17, 15) is 9.50 Å². The highest BCUT2D eigenvalue weighted by molar-refractivity contribution is 5.76. The van der Waals surface area contributed by atoms with E-state index in [0.717, 1.165) is 16.9 Å². The van der Waals surface area contributed by atoms with E-state index >= 15 is 0 Å². The summed E-state index contributed by atoms with van der Waals surface area (Å²) in [4.78, 5) is 4.77. The number of aliphatic hydroxyl groups excluding tert-OH is 1. The Morgan fingerprint density at radius 1 is 0.903 bits per heavy atom. The van der Waals surface area contributed by atoms with Gasteiger partial charge in [0.05, 0.1) is 36.9 Å². The predicted octanol–water partition coefficient (Wildman–Crippen LogP) is 4.22. The van der Waals surface area contributed by atoms with E-state index in [2.05, 4.69) is 16.7 Å². The van der Waals surface area contributed by atoms with E-state index in [1.54, 1.807) is 12.1 Å². The molecule has 6 heteroatoms. The second kappa shape index (κ2) is 10.2. The van der Waals surface area contributed by atoms with Crippen LogP contribution in [0.25, 0.3) is 11.0 Å². The van der Waals surface area contributed by atoms with Crippen molar-refractivity contribution in [1.29, 1.82) is 0 Å². The highest BCUT2D eigenvalue weighted by Crippen LogP contribution is 2.19. The Labute approximate surface area is 180 Å². The maximum atomic E-state index is 12.9. The van der Waals surface area contributed by atoms with Crippen molar-refractivity contribution < 1.29 is 19.0 Å². The molecule has 1 heterocycles. The van der Waals surface area contributed by atoms with Crippen LogP contribution in [0.5, 0.6) is 5.75 Å². The van der Waals surface area contributed by atoms with Crippen LogP contribution in [0.1, 0.15) is 11.4 Å². The van der Waals surface area contributed by atoms with Crippen LogP contribution in [0.3, 0.4) is 0 Å². The Balaban J connectivity index is 1.33. The number of nitrogens with zero attached hydrogens (tertiary/aromatic N) is 2. The quantitative estimate of drug-likeness (QED) is 0.390. The number of para-hydroxylation sites is 2. The first-order valence-electron chi connectivity index (χ1n) is 10.3. The first-order chi connectivity index (χ1) is 15.2. The summed E-state index contributed by atoms with van der Waals surface area (Å²) in [6.07, 6.45) is 0.00664. The van der Waals surface area contributed by atoms with Gasteiger partial charge < -0.3 is 19.1 Å². The summed E-state index contributed by atoms with van der Waals surface area (Å²) in [5.41, 5.74) is 3.07. The minimum atomic E-state index is -0.682.